The van der Waals surface area contributed by atoms with Gasteiger partial charge in [0.15, 0.2) is 0 Å². The van der Waals surface area contributed by atoms with Gasteiger partial charge in [-0.3, -0.25) is 4.79 Å². The first-order valence-corrected chi connectivity index (χ1v) is 6.52. The van der Waals surface area contributed by atoms with E-state index in [0.717, 1.165) is 5.56 Å². The maximum atomic E-state index is 12.0. The summed E-state index contributed by atoms with van der Waals surface area (Å²) in [5, 5.41) is 10.4. The third kappa shape index (κ3) is 2.93. The third-order valence-electron chi connectivity index (χ3n) is 3.51. The minimum atomic E-state index is -1.04. The lowest BCUT2D eigenvalue weighted by molar-refractivity contribution is -0.148. The topological polar surface area (TPSA) is 37.3 Å². The molecule has 19 heavy (non-hydrogen) atoms. The Bertz CT molecular complexity index is 514. The van der Waals surface area contributed by atoms with Crippen LogP contribution in [-0.4, -0.2) is 11.1 Å². The molecule has 0 amide bonds. The van der Waals surface area contributed by atoms with Gasteiger partial charge in [0, 0.05) is 11.4 Å². The summed E-state index contributed by atoms with van der Waals surface area (Å²) < 4.78 is 0. The smallest absolute Gasteiger partial charge is 0.315 e. The summed E-state index contributed by atoms with van der Waals surface area (Å²) in [6, 6.07) is 7.00. The average Bonchev–Trinajstić information content (AvgIpc) is 2.30. The van der Waals surface area contributed by atoms with Crippen molar-refractivity contribution in [3.63, 3.8) is 0 Å². The Morgan fingerprint density at radius 2 is 1.79 bits per heavy atom. The molecule has 0 aliphatic heterocycles. The van der Waals surface area contributed by atoms with Gasteiger partial charge in [0.1, 0.15) is 5.41 Å². The molecule has 0 heterocycles. The van der Waals surface area contributed by atoms with E-state index in [1.807, 2.05) is 20.8 Å². The maximum absolute atomic E-state index is 12.0. The maximum Gasteiger partial charge on any atom is 0.315 e. The second-order valence-electron chi connectivity index (χ2n) is 5.57. The molecule has 0 bridgehead atoms. The molecule has 0 saturated heterocycles. The van der Waals surface area contributed by atoms with Crippen LogP contribution in [0.1, 0.15) is 39.7 Å². The van der Waals surface area contributed by atoms with E-state index in [2.05, 4.69) is 11.8 Å². The number of rotatable bonds is 3. The van der Waals surface area contributed by atoms with E-state index < -0.39 is 16.8 Å². The molecular formula is C16H19ClO2. The molecule has 1 atom stereocenters. The van der Waals surface area contributed by atoms with E-state index in [-0.39, 0.29) is 6.42 Å². The molecule has 0 saturated carbocycles. The van der Waals surface area contributed by atoms with Crippen molar-refractivity contribution in [2.75, 3.05) is 0 Å². The van der Waals surface area contributed by atoms with Crippen LogP contribution in [0.4, 0.5) is 0 Å². The molecular weight excluding hydrogens is 260 g/mol. The van der Waals surface area contributed by atoms with Gasteiger partial charge < -0.3 is 5.11 Å². The zero-order valence-electron chi connectivity index (χ0n) is 11.7. The lowest BCUT2D eigenvalue weighted by atomic mass is 9.61. The molecule has 1 aromatic rings. The van der Waals surface area contributed by atoms with Crippen molar-refractivity contribution in [1.82, 2.24) is 0 Å². The van der Waals surface area contributed by atoms with Gasteiger partial charge in [-0.15, -0.1) is 11.8 Å². The molecule has 1 N–H and O–H groups in total. The van der Waals surface area contributed by atoms with Crippen LogP contribution in [0.3, 0.4) is 0 Å². The number of hydrogen-bond donors (Lipinski definition) is 1. The summed E-state index contributed by atoms with van der Waals surface area (Å²) in [6.45, 7) is 7.49. The molecule has 0 aromatic heterocycles. The molecule has 1 aromatic carbocycles. The molecule has 0 fully saturated rings. The second kappa shape index (κ2) is 5.67. The third-order valence-corrected chi connectivity index (χ3v) is 3.76. The number of halogens is 1. The Labute approximate surface area is 119 Å². The first kappa shape index (κ1) is 15.6. The van der Waals surface area contributed by atoms with Crippen LogP contribution < -0.4 is 0 Å². The lowest BCUT2D eigenvalue weighted by Gasteiger charge is -2.40. The van der Waals surface area contributed by atoms with Crippen molar-refractivity contribution in [3.8, 4) is 11.8 Å². The molecule has 0 aliphatic rings. The Morgan fingerprint density at radius 1 is 1.26 bits per heavy atom. The summed E-state index contributed by atoms with van der Waals surface area (Å²) in [6.07, 6.45) is 0.282. The van der Waals surface area contributed by atoms with Gasteiger partial charge in [-0.1, -0.05) is 44.5 Å². The summed E-state index contributed by atoms with van der Waals surface area (Å²) in [4.78, 5) is 12.0. The lowest BCUT2D eigenvalue weighted by Crippen LogP contribution is -2.47. The number of hydrogen-bond acceptors (Lipinski definition) is 1. The Kier molecular flexibility index (Phi) is 4.66. The molecule has 2 nitrogen and oxygen atoms in total. The van der Waals surface area contributed by atoms with E-state index in [0.29, 0.717) is 5.02 Å². The zero-order valence-corrected chi connectivity index (χ0v) is 12.5. The monoisotopic (exact) mass is 278 g/mol. The number of carbonyl (C=O) groups is 1. The summed E-state index contributed by atoms with van der Waals surface area (Å²) in [7, 11) is 0. The number of aliphatic carboxylic acids is 1. The zero-order chi connectivity index (χ0) is 14.7. The van der Waals surface area contributed by atoms with Crippen LogP contribution in [0.15, 0.2) is 24.3 Å². The first-order chi connectivity index (χ1) is 8.75. The molecule has 0 radical (unpaired) electrons. The van der Waals surface area contributed by atoms with Gasteiger partial charge in [0.2, 0.25) is 0 Å². The second-order valence-corrected chi connectivity index (χ2v) is 6.01. The van der Waals surface area contributed by atoms with Crippen molar-refractivity contribution in [1.29, 1.82) is 0 Å². The average molecular weight is 279 g/mol. The Hall–Kier alpha value is -1.46. The van der Waals surface area contributed by atoms with Crippen molar-refractivity contribution in [2.24, 2.45) is 5.41 Å². The first-order valence-electron chi connectivity index (χ1n) is 6.15. The summed E-state index contributed by atoms with van der Waals surface area (Å²) in [5.41, 5.74) is -0.767. The number of carboxylic acids is 1. The van der Waals surface area contributed by atoms with Gasteiger partial charge in [-0.2, -0.15) is 0 Å². The van der Waals surface area contributed by atoms with Crippen LogP contribution in [-0.2, 0) is 10.2 Å². The standard InChI is InChI=1S/C16H19ClO2/c1-5-6-11-16(14(18)19,15(2,3)4)12-7-9-13(17)10-8-12/h7-10H,11H2,1-4H3,(H,18,19). The van der Waals surface area contributed by atoms with E-state index in [9.17, 15) is 9.90 Å². The van der Waals surface area contributed by atoms with E-state index in [1.54, 1.807) is 31.2 Å². The fourth-order valence-corrected chi connectivity index (χ4v) is 2.40. The van der Waals surface area contributed by atoms with Gasteiger partial charge in [0.25, 0.3) is 0 Å². The summed E-state index contributed by atoms with van der Waals surface area (Å²) in [5.74, 6) is 4.86. The van der Waals surface area contributed by atoms with Crippen LogP contribution in [0.25, 0.3) is 0 Å². The van der Waals surface area contributed by atoms with Gasteiger partial charge in [-0.05, 0) is 30.0 Å². The predicted octanol–water partition coefficient (Wildman–Crippen LogP) is 4.12. The Morgan fingerprint density at radius 3 is 2.16 bits per heavy atom. The minimum absolute atomic E-state index is 0.282. The van der Waals surface area contributed by atoms with Crippen LogP contribution in [0.2, 0.25) is 5.02 Å². The highest BCUT2D eigenvalue weighted by molar-refractivity contribution is 6.30. The quantitative estimate of drug-likeness (QED) is 0.845. The highest BCUT2D eigenvalue weighted by Gasteiger charge is 2.49. The molecule has 102 valence electrons. The van der Waals surface area contributed by atoms with Crippen LogP contribution in [0, 0.1) is 17.3 Å². The van der Waals surface area contributed by atoms with Gasteiger partial charge in [0.05, 0.1) is 0 Å². The molecule has 3 heteroatoms. The normalized spacial score (nSPS) is 14.2. The van der Waals surface area contributed by atoms with Crippen molar-refractivity contribution < 1.29 is 9.90 Å². The van der Waals surface area contributed by atoms with Crippen molar-refractivity contribution in [2.45, 2.75) is 39.5 Å². The molecule has 0 aliphatic carbocycles. The largest absolute Gasteiger partial charge is 0.481 e. The van der Waals surface area contributed by atoms with Crippen molar-refractivity contribution >= 4 is 17.6 Å². The summed E-state index contributed by atoms with van der Waals surface area (Å²) >= 11 is 5.88. The number of carboxylic acid groups (broad SMARTS) is 1. The Balaban J connectivity index is 3.50. The molecule has 0 spiro atoms. The van der Waals surface area contributed by atoms with Crippen LogP contribution >= 0.6 is 11.6 Å². The fraction of sp³-hybridized carbons (Fsp3) is 0.438. The highest BCUT2D eigenvalue weighted by Crippen LogP contribution is 2.44. The van der Waals surface area contributed by atoms with Gasteiger partial charge >= 0.3 is 5.97 Å². The molecule has 1 unspecified atom stereocenters. The van der Waals surface area contributed by atoms with Crippen molar-refractivity contribution in [3.05, 3.63) is 34.9 Å². The predicted molar refractivity (Wildman–Crippen MR) is 78.3 cm³/mol. The number of benzene rings is 1. The minimum Gasteiger partial charge on any atom is -0.481 e. The van der Waals surface area contributed by atoms with E-state index in [4.69, 9.17) is 11.6 Å². The fourth-order valence-electron chi connectivity index (χ4n) is 2.28. The molecule has 1 rings (SSSR count). The SMILES string of the molecule is CC#CCC(C(=O)O)(c1ccc(Cl)cc1)C(C)(C)C. The highest BCUT2D eigenvalue weighted by atomic mass is 35.5. The van der Waals surface area contributed by atoms with E-state index in [1.165, 1.54) is 0 Å². The van der Waals surface area contributed by atoms with E-state index >= 15 is 0 Å². The van der Waals surface area contributed by atoms with Gasteiger partial charge in [-0.25, -0.2) is 0 Å². The van der Waals surface area contributed by atoms with Crippen LogP contribution in [0.5, 0.6) is 0 Å².